The van der Waals surface area contributed by atoms with Gasteiger partial charge in [-0.05, 0) is 37.3 Å². The third-order valence-corrected chi connectivity index (χ3v) is 4.53. The van der Waals surface area contributed by atoms with E-state index in [1.54, 1.807) is 12.1 Å². The van der Waals surface area contributed by atoms with Crippen LogP contribution in [-0.2, 0) is 14.8 Å². The first-order valence-corrected chi connectivity index (χ1v) is 8.12. The minimum Gasteiger partial charge on any atom is -0.320 e. The number of carbonyl (C=O) groups excluding carboxylic acids is 1. The molecule has 0 saturated carbocycles. The molecule has 0 atom stereocenters. The number of nitrogens with one attached hydrogen (secondary N) is 2. The van der Waals surface area contributed by atoms with Gasteiger partial charge in [-0.2, -0.15) is 18.4 Å². The summed E-state index contributed by atoms with van der Waals surface area (Å²) in [5.41, 5.74) is 1.32. The fourth-order valence-corrected chi connectivity index (χ4v) is 2.92. The minimum atomic E-state index is -3.91. The fourth-order valence-electron chi connectivity index (χ4n) is 2.11. The molecule has 1 amide bonds. The van der Waals surface area contributed by atoms with Crippen LogP contribution in [0.3, 0.4) is 0 Å². The number of fused-ring (bicyclic) bond motifs is 1. The highest BCUT2D eigenvalue weighted by Crippen LogP contribution is 2.24. The number of hydrogen-bond donors (Lipinski definition) is 2. The number of nitrogens with zero attached hydrogens (tertiary/aromatic N) is 1. The first kappa shape index (κ1) is 15.2. The first-order valence-electron chi connectivity index (χ1n) is 6.64. The van der Waals surface area contributed by atoms with Crippen LogP contribution in [0.2, 0.25) is 0 Å². The second-order valence-corrected chi connectivity index (χ2v) is 6.67. The zero-order chi connectivity index (χ0) is 16.6. The molecule has 2 aromatic carbocycles. The number of rotatable bonds is 3. The maximum Gasteiger partial charge on any atom is 0.276 e. The number of amides is 1. The van der Waals surface area contributed by atoms with E-state index in [0.717, 1.165) is 11.6 Å². The van der Waals surface area contributed by atoms with Gasteiger partial charge in [0.05, 0.1) is 10.6 Å². The standard InChI is InChI=1S/C15H12FN3O3S/c1-9-2-5-11(6-3-9)23(21,22)19-18-14-12-8-10(16)4-7-13(12)17-15(14)20/h2-8,19H,1H3,(H,17,18,20). The number of hydrogen-bond acceptors (Lipinski definition) is 4. The average Bonchev–Trinajstić information content (AvgIpc) is 2.80. The molecule has 0 aliphatic carbocycles. The summed E-state index contributed by atoms with van der Waals surface area (Å²) in [5.74, 6) is -1.15. The average molecular weight is 333 g/mol. The number of hydrazone groups is 1. The van der Waals surface area contributed by atoms with Crippen LogP contribution in [0, 0.1) is 12.7 Å². The van der Waals surface area contributed by atoms with Crippen molar-refractivity contribution < 1.29 is 17.6 Å². The zero-order valence-electron chi connectivity index (χ0n) is 12.0. The molecule has 23 heavy (non-hydrogen) atoms. The summed E-state index contributed by atoms with van der Waals surface area (Å²) in [6, 6.07) is 9.86. The third-order valence-electron chi connectivity index (χ3n) is 3.31. The molecule has 3 rings (SSSR count). The summed E-state index contributed by atoms with van der Waals surface area (Å²) in [4.78, 5) is 13.9. The summed E-state index contributed by atoms with van der Waals surface area (Å²) in [6.07, 6.45) is 0. The van der Waals surface area contributed by atoms with Crippen molar-refractivity contribution in [3.05, 3.63) is 59.4 Å². The van der Waals surface area contributed by atoms with Crippen LogP contribution in [0.15, 0.2) is 52.5 Å². The van der Waals surface area contributed by atoms with Gasteiger partial charge in [-0.1, -0.05) is 17.7 Å². The van der Waals surface area contributed by atoms with Gasteiger partial charge in [-0.25, -0.2) is 4.39 Å². The monoisotopic (exact) mass is 333 g/mol. The molecule has 0 spiro atoms. The van der Waals surface area contributed by atoms with Crippen molar-refractivity contribution in [2.24, 2.45) is 5.10 Å². The second kappa shape index (κ2) is 5.47. The highest BCUT2D eigenvalue weighted by molar-refractivity contribution is 7.89. The van der Waals surface area contributed by atoms with Crippen molar-refractivity contribution in [2.75, 3.05) is 5.32 Å². The molecule has 1 aliphatic rings. The van der Waals surface area contributed by atoms with Crippen molar-refractivity contribution in [3.8, 4) is 0 Å². The number of carbonyl (C=O) groups is 1. The fraction of sp³-hybridized carbons (Fsp3) is 0.0667. The van der Waals surface area contributed by atoms with Crippen LogP contribution < -0.4 is 10.1 Å². The molecule has 0 fully saturated rings. The van der Waals surface area contributed by atoms with Gasteiger partial charge in [0, 0.05) is 5.56 Å². The molecule has 0 bridgehead atoms. The molecular formula is C15H12FN3O3S. The Balaban J connectivity index is 1.93. The van der Waals surface area contributed by atoms with Crippen molar-refractivity contribution in [2.45, 2.75) is 11.8 Å². The molecule has 0 radical (unpaired) electrons. The lowest BCUT2D eigenvalue weighted by Gasteiger charge is -2.04. The summed E-state index contributed by atoms with van der Waals surface area (Å²) in [7, 11) is -3.91. The molecule has 6 nitrogen and oxygen atoms in total. The smallest absolute Gasteiger partial charge is 0.276 e. The Morgan fingerprint density at radius 1 is 1.13 bits per heavy atom. The van der Waals surface area contributed by atoms with E-state index >= 15 is 0 Å². The van der Waals surface area contributed by atoms with Gasteiger partial charge in [0.1, 0.15) is 5.82 Å². The van der Waals surface area contributed by atoms with Gasteiger partial charge in [0.2, 0.25) is 0 Å². The van der Waals surface area contributed by atoms with Crippen molar-refractivity contribution in [1.29, 1.82) is 0 Å². The van der Waals surface area contributed by atoms with E-state index in [2.05, 4.69) is 10.4 Å². The Kier molecular flexibility index (Phi) is 3.61. The molecule has 118 valence electrons. The zero-order valence-corrected chi connectivity index (χ0v) is 12.8. The Morgan fingerprint density at radius 3 is 2.52 bits per heavy atom. The molecule has 2 N–H and O–H groups in total. The van der Waals surface area contributed by atoms with Gasteiger partial charge in [-0.15, -0.1) is 0 Å². The molecule has 2 aromatic rings. The number of sulfonamides is 1. The van der Waals surface area contributed by atoms with Crippen LogP contribution in [0.4, 0.5) is 10.1 Å². The number of aryl methyl sites for hydroxylation is 1. The highest BCUT2D eigenvalue weighted by Gasteiger charge is 2.27. The van der Waals surface area contributed by atoms with Crippen LogP contribution in [0.5, 0.6) is 0 Å². The lowest BCUT2D eigenvalue weighted by atomic mass is 10.1. The van der Waals surface area contributed by atoms with E-state index in [1.165, 1.54) is 24.3 Å². The predicted octanol–water partition coefficient (Wildman–Crippen LogP) is 1.77. The van der Waals surface area contributed by atoms with E-state index < -0.39 is 21.7 Å². The maximum absolute atomic E-state index is 13.3. The minimum absolute atomic E-state index is 0.0188. The van der Waals surface area contributed by atoms with Crippen LogP contribution in [0.25, 0.3) is 0 Å². The number of benzene rings is 2. The third kappa shape index (κ3) is 2.93. The van der Waals surface area contributed by atoms with Crippen LogP contribution in [0.1, 0.15) is 11.1 Å². The quantitative estimate of drug-likeness (QED) is 0.839. The Labute approximate surface area is 132 Å². The molecule has 0 unspecified atom stereocenters. The van der Waals surface area contributed by atoms with E-state index in [0.29, 0.717) is 5.69 Å². The maximum atomic E-state index is 13.3. The summed E-state index contributed by atoms with van der Waals surface area (Å²) >= 11 is 0. The summed E-state index contributed by atoms with van der Waals surface area (Å²) in [5, 5.41) is 6.14. The van der Waals surface area contributed by atoms with Crippen LogP contribution in [-0.4, -0.2) is 20.0 Å². The van der Waals surface area contributed by atoms with Crippen molar-refractivity contribution in [3.63, 3.8) is 0 Å². The molecular weight excluding hydrogens is 321 g/mol. The first-order chi connectivity index (χ1) is 10.9. The largest absolute Gasteiger partial charge is 0.320 e. The van der Waals surface area contributed by atoms with E-state index in [4.69, 9.17) is 0 Å². The second-order valence-electron chi connectivity index (χ2n) is 5.01. The SMILES string of the molecule is Cc1ccc(S(=O)(=O)N/N=C2/C(=O)Nc3ccc(F)cc32)cc1. The lowest BCUT2D eigenvalue weighted by molar-refractivity contribution is -0.110. The molecule has 8 heteroatoms. The summed E-state index contributed by atoms with van der Waals surface area (Å²) in [6.45, 7) is 1.83. The van der Waals surface area contributed by atoms with E-state index in [1.807, 2.05) is 11.8 Å². The van der Waals surface area contributed by atoms with Crippen LogP contribution >= 0.6 is 0 Å². The van der Waals surface area contributed by atoms with Gasteiger partial charge >= 0.3 is 0 Å². The van der Waals surface area contributed by atoms with Crippen molar-refractivity contribution in [1.82, 2.24) is 4.83 Å². The Morgan fingerprint density at radius 2 is 1.83 bits per heavy atom. The molecule has 1 aliphatic heterocycles. The lowest BCUT2D eigenvalue weighted by Crippen LogP contribution is -2.23. The van der Waals surface area contributed by atoms with Gasteiger partial charge in [0.15, 0.2) is 5.71 Å². The number of halogens is 1. The number of anilines is 1. The van der Waals surface area contributed by atoms with Gasteiger partial charge in [0.25, 0.3) is 15.9 Å². The Hall–Kier alpha value is -2.74. The molecule has 1 heterocycles. The van der Waals surface area contributed by atoms with Gasteiger partial charge < -0.3 is 5.32 Å². The molecule has 0 saturated heterocycles. The van der Waals surface area contributed by atoms with E-state index in [9.17, 15) is 17.6 Å². The van der Waals surface area contributed by atoms with Gasteiger partial charge in [-0.3, -0.25) is 4.79 Å². The Bertz CT molecular complexity index is 921. The highest BCUT2D eigenvalue weighted by atomic mass is 32.2. The molecule has 0 aromatic heterocycles. The summed E-state index contributed by atoms with van der Waals surface area (Å²) < 4.78 is 37.6. The normalized spacial score (nSPS) is 15.4. The topological polar surface area (TPSA) is 87.6 Å². The van der Waals surface area contributed by atoms with E-state index in [-0.39, 0.29) is 16.2 Å². The van der Waals surface area contributed by atoms with Crippen molar-refractivity contribution >= 4 is 27.3 Å². The predicted molar refractivity (Wildman–Crippen MR) is 83.1 cm³/mol.